The zero-order valence-corrected chi connectivity index (χ0v) is 17.6. The number of esters is 1. The number of nitrogens with one attached hydrogen (secondary N) is 2. The molecule has 5 atom stereocenters. The number of aliphatic hydroxyl groups is 4. The molecule has 2 aromatic rings. The standard InChI is InChI=1S/C23H28N2O7/c1-31-23(30)16-4-2-3-13(9-16)10-25-11-17(24)14-5-7-15(8-6-14)22-21(29)20(28)19(27)18(12-26)32-22/h2-9,18-22,24-29H,10-12H2,1H3. The van der Waals surface area contributed by atoms with Crippen molar-refractivity contribution in [2.24, 2.45) is 0 Å². The van der Waals surface area contributed by atoms with E-state index in [0.29, 0.717) is 35.5 Å². The van der Waals surface area contributed by atoms with Crippen molar-refractivity contribution < 1.29 is 34.7 Å². The molecule has 32 heavy (non-hydrogen) atoms. The van der Waals surface area contributed by atoms with E-state index in [0.717, 1.165) is 5.56 Å². The molecule has 6 N–H and O–H groups in total. The van der Waals surface area contributed by atoms with Gasteiger partial charge in [0, 0.05) is 13.1 Å². The average molecular weight is 444 g/mol. The Morgan fingerprint density at radius 2 is 1.78 bits per heavy atom. The molecule has 1 saturated heterocycles. The van der Waals surface area contributed by atoms with E-state index in [-0.39, 0.29) is 0 Å². The highest BCUT2D eigenvalue weighted by Crippen LogP contribution is 2.32. The van der Waals surface area contributed by atoms with Crippen molar-refractivity contribution >= 4 is 11.7 Å². The molecule has 1 aliphatic rings. The van der Waals surface area contributed by atoms with Crippen molar-refractivity contribution in [1.29, 1.82) is 5.41 Å². The van der Waals surface area contributed by atoms with Gasteiger partial charge in [0.1, 0.15) is 30.5 Å². The molecule has 5 unspecified atom stereocenters. The molecule has 9 heteroatoms. The second-order valence-corrected chi connectivity index (χ2v) is 7.65. The van der Waals surface area contributed by atoms with Crippen LogP contribution in [0.3, 0.4) is 0 Å². The predicted molar refractivity (Wildman–Crippen MR) is 115 cm³/mol. The maximum Gasteiger partial charge on any atom is 0.337 e. The summed E-state index contributed by atoms with van der Waals surface area (Å²) < 4.78 is 10.3. The van der Waals surface area contributed by atoms with Gasteiger partial charge in [-0.05, 0) is 28.8 Å². The van der Waals surface area contributed by atoms with Gasteiger partial charge >= 0.3 is 5.97 Å². The molecule has 0 radical (unpaired) electrons. The summed E-state index contributed by atoms with van der Waals surface area (Å²) in [5.74, 6) is -0.404. The van der Waals surface area contributed by atoms with Gasteiger partial charge in [-0.15, -0.1) is 0 Å². The Hall–Kier alpha value is -2.66. The zero-order valence-electron chi connectivity index (χ0n) is 17.6. The quantitative estimate of drug-likeness (QED) is 0.249. The third kappa shape index (κ3) is 5.39. The Morgan fingerprint density at radius 3 is 2.44 bits per heavy atom. The lowest BCUT2D eigenvalue weighted by atomic mass is 9.91. The van der Waals surface area contributed by atoms with Crippen LogP contribution in [0.4, 0.5) is 0 Å². The molecule has 3 rings (SSSR count). The number of carbonyl (C=O) groups excluding carboxylic acids is 1. The van der Waals surface area contributed by atoms with Crippen LogP contribution in [-0.4, -0.2) is 76.8 Å². The summed E-state index contributed by atoms with van der Waals surface area (Å²) >= 11 is 0. The van der Waals surface area contributed by atoms with Crippen LogP contribution in [0.15, 0.2) is 48.5 Å². The summed E-state index contributed by atoms with van der Waals surface area (Å²) in [6.07, 6.45) is -6.07. The highest BCUT2D eigenvalue weighted by Gasteiger charge is 2.43. The number of hydrogen-bond donors (Lipinski definition) is 6. The van der Waals surface area contributed by atoms with Gasteiger partial charge in [-0.1, -0.05) is 36.4 Å². The molecule has 0 saturated carbocycles. The van der Waals surface area contributed by atoms with E-state index in [9.17, 15) is 25.2 Å². The number of aliphatic hydroxyl groups excluding tert-OH is 4. The highest BCUT2D eigenvalue weighted by atomic mass is 16.5. The van der Waals surface area contributed by atoms with Crippen molar-refractivity contribution in [2.45, 2.75) is 37.1 Å². The monoisotopic (exact) mass is 444 g/mol. The molecular formula is C23H28N2O7. The summed E-state index contributed by atoms with van der Waals surface area (Å²) in [7, 11) is 1.33. The normalized spacial score (nSPS) is 25.3. The summed E-state index contributed by atoms with van der Waals surface area (Å²) in [5.41, 5.74) is 2.92. The lowest BCUT2D eigenvalue weighted by Gasteiger charge is -2.40. The Kier molecular flexibility index (Phi) is 8.08. The number of rotatable bonds is 8. The second kappa shape index (κ2) is 10.8. The van der Waals surface area contributed by atoms with E-state index in [1.54, 1.807) is 42.5 Å². The molecule has 2 aromatic carbocycles. The molecule has 9 nitrogen and oxygen atoms in total. The van der Waals surface area contributed by atoms with Crippen LogP contribution in [0.2, 0.25) is 0 Å². The summed E-state index contributed by atoms with van der Waals surface area (Å²) in [6.45, 7) is 0.274. The van der Waals surface area contributed by atoms with Gasteiger partial charge in [0.15, 0.2) is 0 Å². The van der Waals surface area contributed by atoms with Gasteiger partial charge in [0.2, 0.25) is 0 Å². The maximum absolute atomic E-state index is 11.6. The lowest BCUT2D eigenvalue weighted by molar-refractivity contribution is -0.231. The van der Waals surface area contributed by atoms with Crippen molar-refractivity contribution in [3.05, 3.63) is 70.8 Å². The van der Waals surface area contributed by atoms with Crippen LogP contribution in [-0.2, 0) is 16.0 Å². The van der Waals surface area contributed by atoms with E-state index in [2.05, 4.69) is 5.32 Å². The van der Waals surface area contributed by atoms with Gasteiger partial charge in [-0.2, -0.15) is 0 Å². The molecule has 1 fully saturated rings. The van der Waals surface area contributed by atoms with E-state index in [4.69, 9.17) is 14.9 Å². The fourth-order valence-corrected chi connectivity index (χ4v) is 3.61. The number of carbonyl (C=O) groups is 1. The summed E-state index contributed by atoms with van der Waals surface area (Å²) in [4.78, 5) is 11.6. The van der Waals surface area contributed by atoms with Gasteiger partial charge in [-0.25, -0.2) is 4.79 Å². The molecule has 0 spiro atoms. The van der Waals surface area contributed by atoms with Crippen LogP contribution in [0.5, 0.6) is 0 Å². The Balaban J connectivity index is 1.58. The lowest BCUT2D eigenvalue weighted by Crippen LogP contribution is -2.55. The topological polar surface area (TPSA) is 152 Å². The molecule has 1 heterocycles. The molecule has 172 valence electrons. The minimum atomic E-state index is -1.44. The molecular weight excluding hydrogens is 416 g/mol. The first-order valence-electron chi connectivity index (χ1n) is 10.2. The number of methoxy groups -OCH3 is 1. The number of hydrogen-bond acceptors (Lipinski definition) is 9. The minimum Gasteiger partial charge on any atom is -0.465 e. The van der Waals surface area contributed by atoms with E-state index < -0.39 is 43.1 Å². The maximum atomic E-state index is 11.6. The number of ether oxygens (including phenoxy) is 2. The first kappa shape index (κ1) is 24.0. The van der Waals surface area contributed by atoms with Gasteiger partial charge in [0.25, 0.3) is 0 Å². The second-order valence-electron chi connectivity index (χ2n) is 7.65. The molecule has 0 bridgehead atoms. The van der Waals surface area contributed by atoms with E-state index in [1.807, 2.05) is 6.07 Å². The first-order valence-corrected chi connectivity index (χ1v) is 10.2. The van der Waals surface area contributed by atoms with Crippen molar-refractivity contribution in [3.8, 4) is 0 Å². The first-order chi connectivity index (χ1) is 15.3. The van der Waals surface area contributed by atoms with Crippen LogP contribution in [0.25, 0.3) is 0 Å². The van der Waals surface area contributed by atoms with Crippen LogP contribution >= 0.6 is 0 Å². The van der Waals surface area contributed by atoms with Crippen molar-refractivity contribution in [1.82, 2.24) is 5.32 Å². The average Bonchev–Trinajstić information content (AvgIpc) is 2.82. The fraction of sp³-hybridized carbons (Fsp3) is 0.391. The fourth-order valence-electron chi connectivity index (χ4n) is 3.61. The smallest absolute Gasteiger partial charge is 0.337 e. The van der Waals surface area contributed by atoms with Crippen LogP contribution in [0.1, 0.15) is 33.2 Å². The highest BCUT2D eigenvalue weighted by molar-refractivity contribution is 5.99. The molecule has 0 aliphatic carbocycles. The van der Waals surface area contributed by atoms with E-state index >= 15 is 0 Å². The van der Waals surface area contributed by atoms with Crippen molar-refractivity contribution in [3.63, 3.8) is 0 Å². The van der Waals surface area contributed by atoms with Crippen LogP contribution in [0, 0.1) is 5.41 Å². The van der Waals surface area contributed by atoms with E-state index in [1.165, 1.54) is 7.11 Å². The van der Waals surface area contributed by atoms with Gasteiger partial charge in [-0.3, -0.25) is 0 Å². The summed E-state index contributed by atoms with van der Waals surface area (Å²) in [6, 6.07) is 13.8. The largest absolute Gasteiger partial charge is 0.465 e. The molecule has 1 aliphatic heterocycles. The van der Waals surface area contributed by atoms with Gasteiger partial charge in [0.05, 0.1) is 25.0 Å². The SMILES string of the molecule is COC(=O)c1cccc(CNCC(=N)c2ccc(C3OC(CO)C(O)C(O)C3O)cc2)c1. The van der Waals surface area contributed by atoms with Gasteiger partial charge < -0.3 is 40.6 Å². The molecule has 0 aromatic heterocycles. The number of benzene rings is 2. The predicted octanol–water partition coefficient (Wildman–Crippen LogP) is 0.146. The third-order valence-corrected chi connectivity index (χ3v) is 5.46. The summed E-state index contributed by atoms with van der Waals surface area (Å²) in [5, 5.41) is 50.9. The Morgan fingerprint density at radius 1 is 1.06 bits per heavy atom. The molecule has 0 amide bonds. The third-order valence-electron chi connectivity index (χ3n) is 5.46. The minimum absolute atomic E-state index is 0.293. The zero-order chi connectivity index (χ0) is 23.3. The van der Waals surface area contributed by atoms with Crippen molar-refractivity contribution in [2.75, 3.05) is 20.3 Å². The van der Waals surface area contributed by atoms with Crippen LogP contribution < -0.4 is 5.32 Å². The Labute approximate surface area is 185 Å². The Bertz CT molecular complexity index is 932.